The number of nitrogens with one attached hydrogen (secondary N) is 1. The van der Waals surface area contributed by atoms with Gasteiger partial charge in [-0.2, -0.15) is 0 Å². The van der Waals surface area contributed by atoms with Gasteiger partial charge < -0.3 is 14.4 Å². The highest BCUT2D eigenvalue weighted by Crippen LogP contribution is 2.32. The highest BCUT2D eigenvalue weighted by molar-refractivity contribution is 7.92. The van der Waals surface area contributed by atoms with E-state index in [2.05, 4.69) is 15.5 Å². The van der Waals surface area contributed by atoms with Gasteiger partial charge in [-0.25, -0.2) is 22.2 Å². The van der Waals surface area contributed by atoms with Gasteiger partial charge in [0.25, 0.3) is 0 Å². The third-order valence-corrected chi connectivity index (χ3v) is 7.68. The molecule has 0 aliphatic heterocycles. The van der Waals surface area contributed by atoms with Crippen LogP contribution in [0.4, 0.5) is 14.6 Å². The van der Waals surface area contributed by atoms with Crippen LogP contribution in [0.2, 0.25) is 0 Å². The minimum atomic E-state index is -4.31. The Labute approximate surface area is 216 Å². The predicted molar refractivity (Wildman–Crippen MR) is 137 cm³/mol. The van der Waals surface area contributed by atoms with E-state index >= 15 is 0 Å². The summed E-state index contributed by atoms with van der Waals surface area (Å²) in [7, 11) is -4.31. The van der Waals surface area contributed by atoms with Crippen molar-refractivity contribution in [2.24, 2.45) is 0 Å². The molecule has 0 aliphatic carbocycles. The first-order valence-corrected chi connectivity index (χ1v) is 13.2. The summed E-state index contributed by atoms with van der Waals surface area (Å²) in [6.07, 6.45) is 2.68. The van der Waals surface area contributed by atoms with Gasteiger partial charge in [0.05, 0.1) is 21.5 Å². The van der Waals surface area contributed by atoms with Crippen molar-refractivity contribution in [3.8, 4) is 11.1 Å². The van der Waals surface area contributed by atoms with Crippen molar-refractivity contribution in [1.29, 1.82) is 0 Å². The SMILES string of the molecule is Cc1noc(C)c1-c1cccc(Cn2cc(S(=O)(=O)CC(=O)Nc3ccccn3)c3c(F)cc(F)cc32)c1. The fraction of sp³-hybridized carbons (Fsp3) is 0.148. The minimum absolute atomic E-state index is 0.0500. The third kappa shape index (κ3) is 4.92. The van der Waals surface area contributed by atoms with Gasteiger partial charge in [0, 0.05) is 30.6 Å². The lowest BCUT2D eigenvalue weighted by Gasteiger charge is -2.08. The van der Waals surface area contributed by atoms with E-state index in [-0.39, 0.29) is 23.3 Å². The van der Waals surface area contributed by atoms with E-state index in [0.717, 1.165) is 22.8 Å². The summed E-state index contributed by atoms with van der Waals surface area (Å²) < 4.78 is 62.4. The van der Waals surface area contributed by atoms with Crippen LogP contribution < -0.4 is 5.32 Å². The molecule has 38 heavy (non-hydrogen) atoms. The predicted octanol–water partition coefficient (Wildman–Crippen LogP) is 5.05. The standard InChI is InChI=1S/C27H22F2N4O4S/c1-16-26(17(2)37-32-16)19-7-5-6-18(10-19)13-33-14-23(27-21(29)11-20(28)12-22(27)33)38(35,36)15-25(34)31-24-8-3-4-9-30-24/h3-12,14H,13,15H2,1-2H3,(H,30,31,34). The van der Waals surface area contributed by atoms with Crippen LogP contribution in [0.3, 0.4) is 0 Å². The first-order valence-electron chi connectivity index (χ1n) is 11.6. The Hall–Kier alpha value is -4.38. The van der Waals surface area contributed by atoms with Crippen molar-refractivity contribution in [2.75, 3.05) is 11.1 Å². The average Bonchev–Trinajstić information content (AvgIpc) is 3.39. The quantitative estimate of drug-likeness (QED) is 0.312. The number of carbonyl (C=O) groups is 1. The molecule has 3 aromatic heterocycles. The first kappa shape index (κ1) is 25.3. The molecule has 1 N–H and O–H groups in total. The number of amides is 1. The summed E-state index contributed by atoms with van der Waals surface area (Å²) in [5.41, 5.74) is 3.19. The largest absolute Gasteiger partial charge is 0.361 e. The molecule has 0 radical (unpaired) electrons. The maximum atomic E-state index is 15.0. The molecule has 8 nitrogen and oxygen atoms in total. The Morgan fingerprint density at radius 3 is 2.61 bits per heavy atom. The monoisotopic (exact) mass is 536 g/mol. The Morgan fingerprint density at radius 2 is 1.89 bits per heavy atom. The molecule has 5 rings (SSSR count). The average molecular weight is 537 g/mol. The molecule has 0 spiro atoms. The number of carbonyl (C=O) groups excluding carboxylic acids is 1. The number of nitrogens with zero attached hydrogens (tertiary/aromatic N) is 3. The number of pyridine rings is 1. The summed E-state index contributed by atoms with van der Waals surface area (Å²) in [6.45, 7) is 3.74. The maximum absolute atomic E-state index is 15.0. The molecule has 0 aliphatic rings. The summed E-state index contributed by atoms with van der Waals surface area (Å²) in [4.78, 5) is 16.0. The van der Waals surface area contributed by atoms with Gasteiger partial charge in [-0.3, -0.25) is 4.79 Å². The molecule has 3 heterocycles. The molecule has 5 aromatic rings. The lowest BCUT2D eigenvalue weighted by molar-refractivity contribution is -0.113. The van der Waals surface area contributed by atoms with Crippen LogP contribution >= 0.6 is 0 Å². The van der Waals surface area contributed by atoms with Crippen molar-refractivity contribution in [3.63, 3.8) is 0 Å². The van der Waals surface area contributed by atoms with E-state index in [1.54, 1.807) is 19.1 Å². The number of aromatic nitrogens is 3. The van der Waals surface area contributed by atoms with Crippen molar-refractivity contribution in [2.45, 2.75) is 25.3 Å². The molecule has 2 aromatic carbocycles. The maximum Gasteiger partial charge on any atom is 0.241 e. The number of anilines is 1. The molecule has 0 bridgehead atoms. The van der Waals surface area contributed by atoms with Crippen molar-refractivity contribution in [1.82, 2.24) is 14.7 Å². The highest BCUT2D eigenvalue weighted by Gasteiger charge is 2.27. The summed E-state index contributed by atoms with van der Waals surface area (Å²) in [5.74, 6) is -2.84. The van der Waals surface area contributed by atoms with Gasteiger partial charge in [0.2, 0.25) is 5.91 Å². The normalized spacial score (nSPS) is 11.7. The number of rotatable bonds is 7. The van der Waals surface area contributed by atoms with Gasteiger partial charge in [-0.15, -0.1) is 0 Å². The Balaban J connectivity index is 1.52. The number of halogens is 2. The first-order chi connectivity index (χ1) is 18.1. The highest BCUT2D eigenvalue weighted by atomic mass is 32.2. The van der Waals surface area contributed by atoms with Gasteiger partial charge in [-0.1, -0.05) is 29.4 Å². The van der Waals surface area contributed by atoms with Gasteiger partial charge in [0.1, 0.15) is 29.0 Å². The van der Waals surface area contributed by atoms with Crippen LogP contribution in [0.25, 0.3) is 22.0 Å². The Kier molecular flexibility index (Phi) is 6.53. The molecule has 194 valence electrons. The zero-order valence-corrected chi connectivity index (χ0v) is 21.2. The van der Waals surface area contributed by atoms with E-state index in [9.17, 15) is 22.0 Å². The Bertz CT molecular complexity index is 1760. The van der Waals surface area contributed by atoms with Crippen LogP contribution in [-0.2, 0) is 21.2 Å². The second-order valence-corrected chi connectivity index (χ2v) is 10.8. The lowest BCUT2D eigenvalue weighted by Crippen LogP contribution is -2.23. The topological polar surface area (TPSA) is 107 Å². The minimum Gasteiger partial charge on any atom is -0.361 e. The summed E-state index contributed by atoms with van der Waals surface area (Å²) >= 11 is 0. The zero-order chi connectivity index (χ0) is 27.0. The molecule has 0 unspecified atom stereocenters. The van der Waals surface area contributed by atoms with Crippen LogP contribution in [0.5, 0.6) is 0 Å². The number of hydrogen-bond donors (Lipinski definition) is 1. The molecule has 0 saturated carbocycles. The van der Waals surface area contributed by atoms with Crippen LogP contribution in [0, 0.1) is 25.5 Å². The molecular formula is C27H22F2N4O4S. The molecule has 11 heteroatoms. The van der Waals surface area contributed by atoms with Crippen molar-refractivity contribution < 1.29 is 26.5 Å². The fourth-order valence-electron chi connectivity index (χ4n) is 4.46. The second-order valence-electron chi connectivity index (χ2n) is 8.82. The number of sulfone groups is 1. The molecule has 0 saturated heterocycles. The summed E-state index contributed by atoms with van der Waals surface area (Å²) in [6, 6.07) is 13.9. The van der Waals surface area contributed by atoms with E-state index in [1.807, 2.05) is 31.2 Å². The van der Waals surface area contributed by atoms with E-state index in [4.69, 9.17) is 4.52 Å². The lowest BCUT2D eigenvalue weighted by atomic mass is 10.0. The van der Waals surface area contributed by atoms with Crippen LogP contribution in [0.1, 0.15) is 17.0 Å². The van der Waals surface area contributed by atoms with Gasteiger partial charge in [-0.05, 0) is 49.2 Å². The van der Waals surface area contributed by atoms with E-state index in [0.29, 0.717) is 17.5 Å². The molecular weight excluding hydrogens is 514 g/mol. The van der Waals surface area contributed by atoms with Crippen LogP contribution in [-0.4, -0.2) is 34.8 Å². The number of fused-ring (bicyclic) bond motifs is 1. The van der Waals surface area contributed by atoms with Gasteiger partial charge >= 0.3 is 0 Å². The van der Waals surface area contributed by atoms with Crippen molar-refractivity contribution in [3.05, 3.63) is 95.6 Å². The molecule has 0 fully saturated rings. The van der Waals surface area contributed by atoms with Crippen molar-refractivity contribution >= 4 is 32.5 Å². The summed E-state index contributed by atoms with van der Waals surface area (Å²) in [5, 5.41) is 6.11. The zero-order valence-electron chi connectivity index (χ0n) is 20.4. The number of hydrogen-bond acceptors (Lipinski definition) is 6. The van der Waals surface area contributed by atoms with Crippen LogP contribution in [0.15, 0.2) is 76.4 Å². The molecule has 1 amide bonds. The fourth-order valence-corrected chi connectivity index (χ4v) is 5.83. The molecule has 0 atom stereocenters. The van der Waals surface area contributed by atoms with Gasteiger partial charge in [0.15, 0.2) is 9.84 Å². The Morgan fingerprint density at radius 1 is 1.08 bits per heavy atom. The number of benzene rings is 2. The van der Waals surface area contributed by atoms with E-state index < -0.39 is 38.0 Å². The number of aryl methyl sites for hydroxylation is 2. The second kappa shape index (κ2) is 9.82. The smallest absolute Gasteiger partial charge is 0.241 e. The third-order valence-electron chi connectivity index (χ3n) is 6.05. The van der Waals surface area contributed by atoms with E-state index in [1.165, 1.54) is 23.0 Å².